The van der Waals surface area contributed by atoms with Gasteiger partial charge >= 0.3 is 0 Å². The fourth-order valence-corrected chi connectivity index (χ4v) is 3.93. The number of anilines is 1. The lowest BCUT2D eigenvalue weighted by molar-refractivity contribution is 0.208. The quantitative estimate of drug-likeness (QED) is 0.932. The summed E-state index contributed by atoms with van der Waals surface area (Å²) in [5.74, 6) is 1.07. The summed E-state index contributed by atoms with van der Waals surface area (Å²) >= 11 is 0. The van der Waals surface area contributed by atoms with Crippen LogP contribution in [0.2, 0.25) is 0 Å². The minimum atomic E-state index is 0.468. The van der Waals surface area contributed by atoms with Crippen LogP contribution in [-0.2, 0) is 26.4 Å². The van der Waals surface area contributed by atoms with Gasteiger partial charge in [0, 0.05) is 48.7 Å². The molecule has 0 saturated carbocycles. The number of aryl methyl sites for hydroxylation is 2. The van der Waals surface area contributed by atoms with E-state index >= 15 is 0 Å². The summed E-state index contributed by atoms with van der Waals surface area (Å²) in [6.07, 6.45) is 9.58. The Morgan fingerprint density at radius 3 is 3.00 bits per heavy atom. The average Bonchev–Trinajstić information content (AvgIpc) is 3.18. The fraction of sp³-hybridized carbons (Fsp3) is 0.611. The number of likely N-dealkylation sites (tertiary alicyclic amines) is 1. The normalized spacial score (nSPS) is 21.0. The SMILES string of the molecule is Cc1c(CN2CCC[C@@H](Nc3ncnc4c3CCC4)C2)cnn1C. The minimum absolute atomic E-state index is 0.468. The number of rotatable bonds is 4. The number of hydrogen-bond donors (Lipinski definition) is 1. The molecule has 1 aliphatic heterocycles. The van der Waals surface area contributed by atoms with Crippen LogP contribution >= 0.6 is 0 Å². The summed E-state index contributed by atoms with van der Waals surface area (Å²) in [6.45, 7) is 5.35. The number of hydrogen-bond acceptors (Lipinski definition) is 5. The molecule has 0 unspecified atom stereocenters. The van der Waals surface area contributed by atoms with Crippen molar-refractivity contribution in [3.8, 4) is 0 Å². The van der Waals surface area contributed by atoms with E-state index in [-0.39, 0.29) is 0 Å². The molecule has 128 valence electrons. The highest BCUT2D eigenvalue weighted by molar-refractivity contribution is 5.48. The Kier molecular flexibility index (Phi) is 4.22. The lowest BCUT2D eigenvalue weighted by atomic mass is 10.0. The van der Waals surface area contributed by atoms with Gasteiger partial charge in [0.2, 0.25) is 0 Å². The fourth-order valence-electron chi connectivity index (χ4n) is 3.93. The highest BCUT2D eigenvalue weighted by Gasteiger charge is 2.24. The highest BCUT2D eigenvalue weighted by Crippen LogP contribution is 2.27. The molecule has 1 saturated heterocycles. The monoisotopic (exact) mass is 326 g/mol. The Morgan fingerprint density at radius 2 is 2.17 bits per heavy atom. The molecule has 1 fully saturated rings. The van der Waals surface area contributed by atoms with Crippen LogP contribution in [0.25, 0.3) is 0 Å². The largest absolute Gasteiger partial charge is 0.366 e. The number of piperidine rings is 1. The molecule has 0 amide bonds. The zero-order valence-electron chi connectivity index (χ0n) is 14.6. The van der Waals surface area contributed by atoms with Gasteiger partial charge in [-0.25, -0.2) is 9.97 Å². The minimum Gasteiger partial charge on any atom is -0.366 e. The topological polar surface area (TPSA) is 58.9 Å². The van der Waals surface area contributed by atoms with Crippen molar-refractivity contribution in [2.75, 3.05) is 18.4 Å². The summed E-state index contributed by atoms with van der Waals surface area (Å²) in [7, 11) is 2.01. The van der Waals surface area contributed by atoms with Crippen molar-refractivity contribution >= 4 is 5.82 Å². The van der Waals surface area contributed by atoms with Gasteiger partial charge in [-0.05, 0) is 45.6 Å². The summed E-state index contributed by atoms with van der Waals surface area (Å²) in [5, 5.41) is 8.07. The molecule has 0 aromatic carbocycles. The van der Waals surface area contributed by atoms with E-state index in [0.717, 1.165) is 38.3 Å². The van der Waals surface area contributed by atoms with Crippen molar-refractivity contribution in [1.82, 2.24) is 24.6 Å². The smallest absolute Gasteiger partial charge is 0.133 e. The lowest BCUT2D eigenvalue weighted by Crippen LogP contribution is -2.42. The third-order valence-electron chi connectivity index (χ3n) is 5.45. The molecular formula is C18H26N6. The van der Waals surface area contributed by atoms with E-state index in [1.165, 1.54) is 41.8 Å². The second-order valence-electron chi connectivity index (χ2n) is 7.10. The number of aromatic nitrogens is 4. The molecule has 24 heavy (non-hydrogen) atoms. The van der Waals surface area contributed by atoms with Gasteiger partial charge in [-0.15, -0.1) is 0 Å². The molecule has 0 bridgehead atoms. The summed E-state index contributed by atoms with van der Waals surface area (Å²) < 4.78 is 1.96. The van der Waals surface area contributed by atoms with E-state index in [1.807, 2.05) is 17.9 Å². The molecule has 2 aromatic heterocycles. The molecule has 0 spiro atoms. The third-order valence-corrected chi connectivity index (χ3v) is 5.45. The zero-order valence-corrected chi connectivity index (χ0v) is 14.6. The van der Waals surface area contributed by atoms with Gasteiger partial charge in [0.1, 0.15) is 12.1 Å². The van der Waals surface area contributed by atoms with Crippen molar-refractivity contribution in [2.45, 2.75) is 51.6 Å². The van der Waals surface area contributed by atoms with E-state index in [9.17, 15) is 0 Å². The van der Waals surface area contributed by atoms with Crippen molar-refractivity contribution in [3.05, 3.63) is 35.0 Å². The first kappa shape index (κ1) is 15.6. The van der Waals surface area contributed by atoms with Crippen molar-refractivity contribution in [1.29, 1.82) is 0 Å². The maximum Gasteiger partial charge on any atom is 0.133 e. The van der Waals surface area contributed by atoms with E-state index in [2.05, 4.69) is 32.2 Å². The van der Waals surface area contributed by atoms with Gasteiger partial charge in [-0.2, -0.15) is 5.10 Å². The predicted octanol–water partition coefficient (Wildman–Crippen LogP) is 2.08. The van der Waals surface area contributed by atoms with E-state index in [0.29, 0.717) is 6.04 Å². The Morgan fingerprint density at radius 1 is 1.25 bits per heavy atom. The molecule has 3 heterocycles. The highest BCUT2D eigenvalue weighted by atomic mass is 15.3. The molecule has 0 radical (unpaired) electrons. The van der Waals surface area contributed by atoms with E-state index < -0.39 is 0 Å². The molecule has 2 aromatic rings. The second-order valence-corrected chi connectivity index (χ2v) is 7.10. The van der Waals surface area contributed by atoms with Crippen molar-refractivity contribution in [3.63, 3.8) is 0 Å². The molecule has 6 nitrogen and oxygen atoms in total. The molecular weight excluding hydrogens is 300 g/mol. The van der Waals surface area contributed by atoms with Gasteiger partial charge in [0.05, 0.1) is 6.20 Å². The van der Waals surface area contributed by atoms with Crippen LogP contribution in [0.4, 0.5) is 5.82 Å². The average molecular weight is 326 g/mol. The van der Waals surface area contributed by atoms with Gasteiger partial charge in [-0.3, -0.25) is 9.58 Å². The van der Waals surface area contributed by atoms with Crippen LogP contribution in [0, 0.1) is 6.92 Å². The number of fused-ring (bicyclic) bond motifs is 1. The zero-order chi connectivity index (χ0) is 16.5. The molecule has 1 aliphatic carbocycles. The third kappa shape index (κ3) is 3.02. The maximum absolute atomic E-state index is 4.52. The van der Waals surface area contributed by atoms with Gasteiger partial charge < -0.3 is 5.32 Å². The maximum atomic E-state index is 4.52. The molecule has 2 aliphatic rings. The first-order valence-corrected chi connectivity index (χ1v) is 9.00. The first-order valence-electron chi connectivity index (χ1n) is 9.00. The Labute approximate surface area is 143 Å². The van der Waals surface area contributed by atoms with Crippen LogP contribution in [0.5, 0.6) is 0 Å². The standard InChI is InChI=1S/C18H26N6/c1-13-14(9-21-23(13)2)10-24-8-4-5-15(11-24)22-18-16-6-3-7-17(16)19-12-20-18/h9,12,15H,3-8,10-11H2,1-2H3,(H,19,20,22)/t15-/m1/s1. The Bertz CT molecular complexity index is 722. The lowest BCUT2D eigenvalue weighted by Gasteiger charge is -2.33. The second kappa shape index (κ2) is 6.51. The van der Waals surface area contributed by atoms with E-state index in [1.54, 1.807) is 6.33 Å². The van der Waals surface area contributed by atoms with Crippen LogP contribution in [0.3, 0.4) is 0 Å². The number of nitrogens with one attached hydrogen (secondary N) is 1. The van der Waals surface area contributed by atoms with Crippen LogP contribution in [0.1, 0.15) is 41.8 Å². The van der Waals surface area contributed by atoms with Crippen molar-refractivity contribution < 1.29 is 0 Å². The molecule has 4 rings (SSSR count). The van der Waals surface area contributed by atoms with E-state index in [4.69, 9.17) is 0 Å². The molecule has 1 N–H and O–H groups in total. The summed E-state index contributed by atoms with van der Waals surface area (Å²) in [4.78, 5) is 11.5. The predicted molar refractivity (Wildman–Crippen MR) is 93.9 cm³/mol. The summed E-state index contributed by atoms with van der Waals surface area (Å²) in [6, 6.07) is 0.468. The van der Waals surface area contributed by atoms with Crippen LogP contribution in [0.15, 0.2) is 12.5 Å². The number of nitrogens with zero attached hydrogens (tertiary/aromatic N) is 5. The van der Waals surface area contributed by atoms with Gasteiger partial charge in [0.25, 0.3) is 0 Å². The van der Waals surface area contributed by atoms with Crippen LogP contribution < -0.4 is 5.32 Å². The Hall–Kier alpha value is -1.95. The molecule has 6 heteroatoms. The van der Waals surface area contributed by atoms with Gasteiger partial charge in [-0.1, -0.05) is 0 Å². The molecule has 1 atom stereocenters. The first-order chi connectivity index (χ1) is 11.7. The van der Waals surface area contributed by atoms with Gasteiger partial charge in [0.15, 0.2) is 0 Å². The Balaban J connectivity index is 1.42. The van der Waals surface area contributed by atoms with Crippen LogP contribution in [-0.4, -0.2) is 43.8 Å². The van der Waals surface area contributed by atoms with Crippen molar-refractivity contribution in [2.24, 2.45) is 7.05 Å². The summed E-state index contributed by atoms with van der Waals surface area (Å²) in [5.41, 5.74) is 5.18.